The van der Waals surface area contributed by atoms with E-state index in [0.29, 0.717) is 0 Å². The van der Waals surface area contributed by atoms with Crippen LogP contribution in [0, 0.1) is 12.7 Å². The Labute approximate surface area is 111 Å². The number of amides is 1. The Bertz CT molecular complexity index is 580. The molecule has 1 aromatic heterocycles. The molecular formula is C14H16FN3O. The van der Waals surface area contributed by atoms with Gasteiger partial charge in [-0.25, -0.2) is 4.39 Å². The van der Waals surface area contributed by atoms with Crippen LogP contribution in [0.4, 0.5) is 10.1 Å². The first-order chi connectivity index (χ1) is 9.06. The first-order valence-electron chi connectivity index (χ1n) is 6.12. The summed E-state index contributed by atoms with van der Waals surface area (Å²) in [6.45, 7) is 3.79. The smallest absolute Gasteiger partial charge is 0.226 e. The van der Waals surface area contributed by atoms with Gasteiger partial charge in [-0.2, -0.15) is 5.10 Å². The van der Waals surface area contributed by atoms with Crippen molar-refractivity contribution >= 4 is 11.6 Å². The van der Waals surface area contributed by atoms with Crippen LogP contribution in [0.15, 0.2) is 36.5 Å². The van der Waals surface area contributed by atoms with Gasteiger partial charge in [0.25, 0.3) is 0 Å². The van der Waals surface area contributed by atoms with Crippen LogP contribution in [-0.4, -0.2) is 15.7 Å². The average Bonchev–Trinajstić information content (AvgIpc) is 2.79. The number of anilines is 1. The summed E-state index contributed by atoms with van der Waals surface area (Å²) in [4.78, 5) is 11.8. The highest BCUT2D eigenvalue weighted by Gasteiger charge is 2.13. The molecule has 1 heterocycles. The van der Waals surface area contributed by atoms with Gasteiger partial charge in [0.1, 0.15) is 5.82 Å². The number of nitrogens with zero attached hydrogens (tertiary/aromatic N) is 2. The number of hydrogen-bond donors (Lipinski definition) is 1. The molecule has 4 nitrogen and oxygen atoms in total. The van der Waals surface area contributed by atoms with E-state index in [4.69, 9.17) is 0 Å². The van der Waals surface area contributed by atoms with E-state index in [0.717, 1.165) is 5.69 Å². The van der Waals surface area contributed by atoms with E-state index in [1.807, 2.05) is 26.1 Å². The molecule has 0 fully saturated rings. The predicted molar refractivity (Wildman–Crippen MR) is 71.3 cm³/mol. The lowest BCUT2D eigenvalue weighted by atomic mass is 10.2. The maximum Gasteiger partial charge on any atom is 0.226 e. The summed E-state index contributed by atoms with van der Waals surface area (Å²) < 4.78 is 15.1. The molecule has 19 heavy (non-hydrogen) atoms. The van der Waals surface area contributed by atoms with Crippen molar-refractivity contribution in [3.05, 3.63) is 48.0 Å². The third-order valence-corrected chi connectivity index (χ3v) is 2.82. The number of halogens is 1. The van der Waals surface area contributed by atoms with E-state index < -0.39 is 5.82 Å². The lowest BCUT2D eigenvalue weighted by Gasteiger charge is -2.12. The van der Waals surface area contributed by atoms with E-state index in [2.05, 4.69) is 10.4 Å². The van der Waals surface area contributed by atoms with Gasteiger partial charge in [-0.05, 0) is 32.0 Å². The molecule has 0 aliphatic carbocycles. The molecule has 0 bridgehead atoms. The number of carbonyl (C=O) groups excluding carboxylic acids is 1. The van der Waals surface area contributed by atoms with Crippen molar-refractivity contribution in [3.63, 3.8) is 0 Å². The van der Waals surface area contributed by atoms with Crippen LogP contribution in [-0.2, 0) is 4.79 Å². The molecule has 1 atom stereocenters. The van der Waals surface area contributed by atoms with E-state index in [1.165, 1.54) is 12.1 Å². The van der Waals surface area contributed by atoms with Gasteiger partial charge in [0.15, 0.2) is 0 Å². The molecule has 1 aromatic carbocycles. The Morgan fingerprint density at radius 3 is 2.79 bits per heavy atom. The molecule has 2 rings (SSSR count). The molecule has 0 aliphatic rings. The second-order valence-corrected chi connectivity index (χ2v) is 4.52. The molecule has 100 valence electrons. The van der Waals surface area contributed by atoms with Gasteiger partial charge in [0.2, 0.25) is 5.91 Å². The molecule has 0 saturated carbocycles. The maximum atomic E-state index is 13.4. The Kier molecular flexibility index (Phi) is 3.94. The summed E-state index contributed by atoms with van der Waals surface area (Å²) in [7, 11) is 0. The SMILES string of the molecule is Cc1ccn(C(C)CC(=O)Nc2ccccc2F)n1. The highest BCUT2D eigenvalue weighted by Crippen LogP contribution is 2.15. The topological polar surface area (TPSA) is 46.9 Å². The van der Waals surface area contributed by atoms with Crippen LogP contribution < -0.4 is 5.32 Å². The number of nitrogens with one attached hydrogen (secondary N) is 1. The van der Waals surface area contributed by atoms with Gasteiger partial charge in [0, 0.05) is 12.6 Å². The summed E-state index contributed by atoms with van der Waals surface area (Å²) in [5, 5.41) is 6.81. The van der Waals surface area contributed by atoms with Crippen LogP contribution in [0.5, 0.6) is 0 Å². The van der Waals surface area contributed by atoms with Gasteiger partial charge >= 0.3 is 0 Å². The fraction of sp³-hybridized carbons (Fsp3) is 0.286. The molecule has 1 amide bonds. The van der Waals surface area contributed by atoms with Gasteiger partial charge in [-0.15, -0.1) is 0 Å². The van der Waals surface area contributed by atoms with E-state index in [-0.39, 0.29) is 24.1 Å². The second-order valence-electron chi connectivity index (χ2n) is 4.52. The Morgan fingerprint density at radius 2 is 2.16 bits per heavy atom. The summed E-state index contributed by atoms with van der Waals surface area (Å²) in [5.74, 6) is -0.663. The first kappa shape index (κ1) is 13.3. The van der Waals surface area contributed by atoms with Gasteiger partial charge in [-0.1, -0.05) is 12.1 Å². The molecule has 0 radical (unpaired) electrons. The number of aromatic nitrogens is 2. The van der Waals surface area contributed by atoms with Gasteiger partial charge < -0.3 is 5.32 Å². The normalized spacial score (nSPS) is 12.2. The molecule has 1 N–H and O–H groups in total. The van der Waals surface area contributed by atoms with Crippen LogP contribution in [0.2, 0.25) is 0 Å². The molecule has 0 saturated heterocycles. The minimum Gasteiger partial charge on any atom is -0.324 e. The summed E-state index contributed by atoms with van der Waals surface area (Å²) in [6.07, 6.45) is 2.08. The molecule has 0 spiro atoms. The van der Waals surface area contributed by atoms with Gasteiger partial charge in [-0.3, -0.25) is 9.48 Å². The van der Waals surface area contributed by atoms with Gasteiger partial charge in [0.05, 0.1) is 17.4 Å². The van der Waals surface area contributed by atoms with E-state index >= 15 is 0 Å². The molecule has 1 unspecified atom stereocenters. The van der Waals surface area contributed by atoms with Crippen LogP contribution >= 0.6 is 0 Å². The van der Waals surface area contributed by atoms with Crippen molar-refractivity contribution in [1.29, 1.82) is 0 Å². The number of benzene rings is 1. The summed E-state index contributed by atoms with van der Waals surface area (Å²) in [6, 6.07) is 7.93. The van der Waals surface area contributed by atoms with Crippen molar-refractivity contribution in [1.82, 2.24) is 9.78 Å². The molecule has 0 aliphatic heterocycles. The predicted octanol–water partition coefficient (Wildman–Crippen LogP) is 2.92. The number of aryl methyl sites for hydroxylation is 1. The summed E-state index contributed by atoms with van der Waals surface area (Å²) in [5.41, 5.74) is 1.11. The second kappa shape index (κ2) is 5.65. The van der Waals surface area contributed by atoms with E-state index in [1.54, 1.807) is 16.8 Å². The lowest BCUT2D eigenvalue weighted by molar-refractivity contribution is -0.116. The van der Waals surface area contributed by atoms with Crippen molar-refractivity contribution in [2.75, 3.05) is 5.32 Å². The third kappa shape index (κ3) is 3.40. The van der Waals surface area contributed by atoms with Crippen LogP contribution in [0.1, 0.15) is 25.1 Å². The highest BCUT2D eigenvalue weighted by molar-refractivity contribution is 5.91. The Balaban J connectivity index is 1.96. The summed E-state index contributed by atoms with van der Waals surface area (Å²) >= 11 is 0. The minimum absolute atomic E-state index is 0.0690. The van der Waals surface area contributed by atoms with Crippen molar-refractivity contribution < 1.29 is 9.18 Å². The maximum absolute atomic E-state index is 13.4. The fourth-order valence-electron chi connectivity index (χ4n) is 1.80. The number of hydrogen-bond acceptors (Lipinski definition) is 2. The van der Waals surface area contributed by atoms with Crippen LogP contribution in [0.3, 0.4) is 0 Å². The lowest BCUT2D eigenvalue weighted by Crippen LogP contribution is -2.18. The molecule has 5 heteroatoms. The zero-order valence-corrected chi connectivity index (χ0v) is 10.9. The van der Waals surface area contributed by atoms with E-state index in [9.17, 15) is 9.18 Å². The largest absolute Gasteiger partial charge is 0.324 e. The quantitative estimate of drug-likeness (QED) is 0.919. The van der Waals surface area contributed by atoms with Crippen molar-refractivity contribution in [2.24, 2.45) is 0 Å². The standard InChI is InChI=1S/C14H16FN3O/c1-10-7-8-18(17-10)11(2)9-14(19)16-13-6-4-3-5-12(13)15/h3-8,11H,9H2,1-2H3,(H,16,19). The van der Waals surface area contributed by atoms with Crippen molar-refractivity contribution in [3.8, 4) is 0 Å². The Hall–Kier alpha value is -2.17. The number of carbonyl (C=O) groups is 1. The average molecular weight is 261 g/mol. The zero-order chi connectivity index (χ0) is 13.8. The van der Waals surface area contributed by atoms with Crippen molar-refractivity contribution in [2.45, 2.75) is 26.3 Å². The minimum atomic E-state index is -0.432. The molecule has 2 aromatic rings. The monoisotopic (exact) mass is 261 g/mol. The number of rotatable bonds is 4. The fourth-order valence-corrected chi connectivity index (χ4v) is 1.80. The first-order valence-corrected chi connectivity index (χ1v) is 6.12. The molecular weight excluding hydrogens is 245 g/mol. The zero-order valence-electron chi connectivity index (χ0n) is 10.9. The Morgan fingerprint density at radius 1 is 1.42 bits per heavy atom. The third-order valence-electron chi connectivity index (χ3n) is 2.82. The highest BCUT2D eigenvalue weighted by atomic mass is 19.1. The number of para-hydroxylation sites is 1. The van der Waals surface area contributed by atoms with Crippen LogP contribution in [0.25, 0.3) is 0 Å².